The molecule has 1 aliphatic rings. The van der Waals surface area contributed by atoms with Crippen LogP contribution in [-0.2, 0) is 20.9 Å². The third-order valence-corrected chi connectivity index (χ3v) is 6.32. The Hall–Kier alpha value is -4.46. The predicted octanol–water partition coefficient (Wildman–Crippen LogP) is 4.51. The van der Waals surface area contributed by atoms with Crippen LogP contribution in [0.15, 0.2) is 66.4 Å². The molecule has 2 heterocycles. The van der Waals surface area contributed by atoms with Crippen LogP contribution in [0, 0.1) is 13.8 Å². The van der Waals surface area contributed by atoms with Crippen LogP contribution in [-0.4, -0.2) is 46.4 Å². The van der Waals surface area contributed by atoms with Gasteiger partial charge in [0, 0.05) is 18.3 Å². The third-order valence-electron chi connectivity index (χ3n) is 6.32. The molecule has 0 bridgehead atoms. The number of ketones is 1. The number of amides is 1. The van der Waals surface area contributed by atoms with Gasteiger partial charge in [-0.2, -0.15) is 0 Å². The minimum atomic E-state index is -0.896. The molecule has 0 spiro atoms. The fourth-order valence-corrected chi connectivity index (χ4v) is 4.46. The molecule has 190 valence electrons. The van der Waals surface area contributed by atoms with Crippen molar-refractivity contribution >= 4 is 23.4 Å². The number of Topliss-reactive ketones (excluding diaryl/α,β-unsaturated/α-hetero) is 1. The van der Waals surface area contributed by atoms with E-state index in [1.54, 1.807) is 81.8 Å². The second-order valence-electron chi connectivity index (χ2n) is 8.74. The van der Waals surface area contributed by atoms with Gasteiger partial charge in [0.1, 0.15) is 17.6 Å². The topological polar surface area (TPSA) is 106 Å². The Labute approximate surface area is 215 Å². The number of aliphatic hydroxyl groups is 1. The first kappa shape index (κ1) is 25.6. The van der Waals surface area contributed by atoms with Gasteiger partial charge in [-0.25, -0.2) is 4.79 Å². The minimum absolute atomic E-state index is 0.0282. The van der Waals surface area contributed by atoms with Gasteiger partial charge < -0.3 is 19.5 Å². The van der Waals surface area contributed by atoms with Crippen LogP contribution in [0.2, 0.25) is 0 Å². The van der Waals surface area contributed by atoms with Gasteiger partial charge in [0.15, 0.2) is 0 Å². The minimum Gasteiger partial charge on any atom is -0.507 e. The number of carbonyl (C=O) groups excluding carboxylic acids is 3. The molecule has 8 heteroatoms. The maximum Gasteiger partial charge on any atom is 0.338 e. The van der Waals surface area contributed by atoms with Gasteiger partial charge in [0.05, 0.1) is 30.5 Å². The van der Waals surface area contributed by atoms with Gasteiger partial charge >= 0.3 is 5.97 Å². The molecule has 3 aromatic rings. The Kier molecular flexibility index (Phi) is 7.38. The van der Waals surface area contributed by atoms with Gasteiger partial charge in [-0.1, -0.05) is 18.2 Å². The van der Waals surface area contributed by atoms with Crippen LogP contribution >= 0.6 is 0 Å². The smallest absolute Gasteiger partial charge is 0.338 e. The van der Waals surface area contributed by atoms with E-state index in [-0.39, 0.29) is 24.5 Å². The lowest BCUT2D eigenvalue weighted by Crippen LogP contribution is -2.29. The number of hydrogen-bond acceptors (Lipinski definition) is 7. The third kappa shape index (κ3) is 4.95. The van der Waals surface area contributed by atoms with Gasteiger partial charge in [-0.15, -0.1) is 0 Å². The highest BCUT2D eigenvalue weighted by molar-refractivity contribution is 6.46. The molecule has 1 fully saturated rings. The average molecular weight is 501 g/mol. The Morgan fingerprint density at radius 1 is 1.05 bits per heavy atom. The Bertz CT molecular complexity index is 1380. The first-order valence-corrected chi connectivity index (χ1v) is 11.9. The number of methoxy groups -OCH3 is 1. The molecule has 4 rings (SSSR count). The van der Waals surface area contributed by atoms with E-state index in [1.165, 1.54) is 4.90 Å². The normalized spacial score (nSPS) is 16.6. The molecular formula is C29H28N2O6. The van der Waals surface area contributed by atoms with Crippen LogP contribution in [0.1, 0.15) is 51.3 Å². The summed E-state index contributed by atoms with van der Waals surface area (Å²) in [5, 5.41) is 11.4. The zero-order valence-electron chi connectivity index (χ0n) is 21.1. The quantitative estimate of drug-likeness (QED) is 0.220. The van der Waals surface area contributed by atoms with Crippen molar-refractivity contribution in [3.8, 4) is 5.75 Å². The lowest BCUT2D eigenvalue weighted by atomic mass is 9.95. The zero-order valence-corrected chi connectivity index (χ0v) is 21.1. The summed E-state index contributed by atoms with van der Waals surface area (Å²) in [6.07, 6.45) is 1.58. The lowest BCUT2D eigenvalue weighted by Gasteiger charge is -2.25. The number of benzene rings is 2. The summed E-state index contributed by atoms with van der Waals surface area (Å²) in [5.74, 6) is -1.58. The molecule has 0 aliphatic carbocycles. The van der Waals surface area contributed by atoms with E-state index < -0.39 is 23.7 Å². The van der Waals surface area contributed by atoms with Crippen LogP contribution in [0.3, 0.4) is 0 Å². The summed E-state index contributed by atoms with van der Waals surface area (Å²) in [7, 11) is 1.56. The lowest BCUT2D eigenvalue weighted by molar-refractivity contribution is -0.140. The summed E-state index contributed by atoms with van der Waals surface area (Å²) in [6, 6.07) is 14.5. The number of carbonyl (C=O) groups is 3. The largest absolute Gasteiger partial charge is 0.507 e. The molecule has 1 aromatic heterocycles. The van der Waals surface area contributed by atoms with Crippen LogP contribution in [0.5, 0.6) is 5.75 Å². The maximum absolute atomic E-state index is 13.3. The number of nitrogens with zero attached hydrogens (tertiary/aromatic N) is 2. The zero-order chi connectivity index (χ0) is 26.7. The number of rotatable bonds is 7. The molecule has 0 radical (unpaired) electrons. The van der Waals surface area contributed by atoms with E-state index in [0.717, 1.165) is 5.56 Å². The molecule has 1 aliphatic heterocycles. The number of ether oxygens (including phenoxy) is 2. The predicted molar refractivity (Wildman–Crippen MR) is 137 cm³/mol. The molecule has 1 atom stereocenters. The molecule has 8 nitrogen and oxygen atoms in total. The fourth-order valence-electron chi connectivity index (χ4n) is 4.46. The van der Waals surface area contributed by atoms with E-state index >= 15 is 0 Å². The average Bonchev–Trinajstić information content (AvgIpc) is 3.15. The highest BCUT2D eigenvalue weighted by atomic mass is 16.5. The molecule has 1 amide bonds. The Morgan fingerprint density at radius 3 is 2.41 bits per heavy atom. The van der Waals surface area contributed by atoms with Gasteiger partial charge in [0.25, 0.3) is 11.7 Å². The van der Waals surface area contributed by atoms with Gasteiger partial charge in [-0.05, 0) is 73.9 Å². The SMILES string of the molecule is CCOC(=O)c1ccc(CN2C(=O)C(=O)/C(=C(/O)c3cc(C)c(OC)cc3C)C2c2ccccn2)cc1. The highest BCUT2D eigenvalue weighted by Crippen LogP contribution is 2.40. The van der Waals surface area contributed by atoms with Crippen molar-refractivity contribution in [3.63, 3.8) is 0 Å². The molecule has 2 aromatic carbocycles. The first-order valence-electron chi connectivity index (χ1n) is 11.9. The number of aromatic nitrogens is 1. The highest BCUT2D eigenvalue weighted by Gasteiger charge is 2.46. The molecule has 0 saturated carbocycles. The number of aliphatic hydroxyl groups excluding tert-OH is 1. The van der Waals surface area contributed by atoms with E-state index in [1.807, 2.05) is 6.92 Å². The molecular weight excluding hydrogens is 472 g/mol. The number of aryl methyl sites for hydroxylation is 2. The van der Waals surface area contributed by atoms with E-state index in [2.05, 4.69) is 4.98 Å². The monoisotopic (exact) mass is 500 g/mol. The maximum atomic E-state index is 13.3. The van der Waals surface area contributed by atoms with E-state index in [9.17, 15) is 19.5 Å². The number of esters is 1. The summed E-state index contributed by atoms with van der Waals surface area (Å²) in [6.45, 7) is 5.71. The summed E-state index contributed by atoms with van der Waals surface area (Å²) in [4.78, 5) is 44.4. The first-order chi connectivity index (χ1) is 17.8. The molecule has 37 heavy (non-hydrogen) atoms. The molecule has 1 saturated heterocycles. The van der Waals surface area contributed by atoms with Crippen molar-refractivity contribution in [2.75, 3.05) is 13.7 Å². The number of pyridine rings is 1. The van der Waals surface area contributed by atoms with Gasteiger partial charge in [0.2, 0.25) is 0 Å². The van der Waals surface area contributed by atoms with Crippen LogP contribution in [0.25, 0.3) is 5.76 Å². The van der Waals surface area contributed by atoms with Gasteiger partial charge in [-0.3, -0.25) is 14.6 Å². The number of likely N-dealkylation sites (tertiary alicyclic amines) is 1. The second kappa shape index (κ2) is 10.7. The molecule has 1 N–H and O–H groups in total. The Morgan fingerprint density at radius 2 is 1.78 bits per heavy atom. The standard InChI is InChI=1S/C29H28N2O6/c1-5-37-29(35)20-11-9-19(10-12-20)16-31-25(22-8-6-7-13-30-22)24(27(33)28(31)34)26(32)21-14-18(3)23(36-4)15-17(21)2/h6-15,25,32H,5,16H2,1-4H3/b26-24+. The Balaban J connectivity index is 1.79. The second-order valence-corrected chi connectivity index (χ2v) is 8.74. The van der Waals surface area contributed by atoms with Crippen LogP contribution < -0.4 is 4.74 Å². The van der Waals surface area contributed by atoms with Crippen molar-refractivity contribution in [2.45, 2.75) is 33.4 Å². The van der Waals surface area contributed by atoms with Crippen LogP contribution in [0.4, 0.5) is 0 Å². The number of hydrogen-bond donors (Lipinski definition) is 1. The summed E-state index contributed by atoms with van der Waals surface area (Å²) in [5.41, 5.74) is 3.43. The molecule has 1 unspecified atom stereocenters. The fraction of sp³-hybridized carbons (Fsp3) is 0.241. The van der Waals surface area contributed by atoms with E-state index in [0.29, 0.717) is 33.7 Å². The van der Waals surface area contributed by atoms with Crippen molar-refractivity contribution in [2.24, 2.45) is 0 Å². The van der Waals surface area contributed by atoms with Crippen molar-refractivity contribution in [1.82, 2.24) is 9.88 Å². The van der Waals surface area contributed by atoms with Crippen molar-refractivity contribution in [3.05, 3.63) is 99.9 Å². The van der Waals surface area contributed by atoms with E-state index in [4.69, 9.17) is 9.47 Å². The summed E-state index contributed by atoms with van der Waals surface area (Å²) >= 11 is 0. The van der Waals surface area contributed by atoms with Crippen molar-refractivity contribution in [1.29, 1.82) is 0 Å². The van der Waals surface area contributed by atoms with Crippen molar-refractivity contribution < 1.29 is 29.0 Å². The summed E-state index contributed by atoms with van der Waals surface area (Å²) < 4.78 is 10.4.